The maximum absolute atomic E-state index is 14.0. The predicted molar refractivity (Wildman–Crippen MR) is 323 cm³/mol. The van der Waals surface area contributed by atoms with Crippen molar-refractivity contribution >= 4 is 47.3 Å². The second-order valence-electron chi connectivity index (χ2n) is 25.2. The van der Waals surface area contributed by atoms with Crippen LogP contribution in [0.25, 0.3) is 0 Å². The summed E-state index contributed by atoms with van der Waals surface area (Å²) in [6.45, 7) is -16.9. The summed E-state index contributed by atoms with van der Waals surface area (Å²) < 4.78 is 331. The number of carbonyl (C=O) groups is 8. The monoisotopic (exact) mass is 1570 g/mol. The lowest BCUT2D eigenvalue weighted by atomic mass is 10.1. The number of hydrogen-bond donors (Lipinski definition) is 0. The van der Waals surface area contributed by atoms with Gasteiger partial charge in [-0.2, -0.15) is 105 Å². The highest BCUT2D eigenvalue weighted by Gasteiger charge is 2.50. The molecule has 0 atom stereocenters. The van der Waals surface area contributed by atoms with Crippen molar-refractivity contribution in [1.82, 2.24) is 58.8 Å². The molecule has 3 fully saturated rings. The molecule has 2 aromatic rings. The van der Waals surface area contributed by atoms with Crippen LogP contribution in [0.15, 0.2) is 48.5 Å². The van der Waals surface area contributed by atoms with E-state index in [-0.39, 0.29) is 130 Å². The van der Waals surface area contributed by atoms with Crippen LogP contribution in [-0.4, -0.2) is 313 Å². The molecule has 2 aromatic carbocycles. The van der Waals surface area contributed by atoms with Crippen LogP contribution < -0.4 is 0 Å². The Balaban J connectivity index is 1.42. The molecule has 0 N–H and O–H groups in total. The SMILES string of the molecule is O=C(N1CCCN(C(=O)C(F)(F)F)CCN(C(=O)C(F)(F)F)CCCN(Cc2ccc(CN3CCCN(C(=O)C(F)(F)F)CCN(C(=O)C(F)(F)F)CCCN(Cc4ccc(CN5CCCN(C(=O)C(F)(F)F)CCN(C(=O)C(F)(F)F)CCCN(C(=O)C(F)(F)F)CC5)cc4)CC3)cc2)CC1)C(F)(F)F. The van der Waals surface area contributed by atoms with Gasteiger partial charge in [0.05, 0.1) is 0 Å². The van der Waals surface area contributed by atoms with Gasteiger partial charge in [-0.05, 0) is 60.8 Å². The van der Waals surface area contributed by atoms with Gasteiger partial charge in [0.25, 0.3) is 0 Å². The first-order valence-electron chi connectivity index (χ1n) is 32.9. The van der Waals surface area contributed by atoms with E-state index in [9.17, 15) is 144 Å². The Morgan fingerprint density at radius 3 is 0.434 bits per heavy atom. The second-order valence-corrected chi connectivity index (χ2v) is 25.2. The second kappa shape index (κ2) is 37.9. The largest absolute Gasteiger partial charge is 0.471 e. The Morgan fingerprint density at radius 2 is 0.302 bits per heavy atom. The molecule has 0 bridgehead atoms. The maximum atomic E-state index is 14.0. The summed E-state index contributed by atoms with van der Waals surface area (Å²) >= 11 is 0. The van der Waals surface area contributed by atoms with E-state index in [2.05, 4.69) is 0 Å². The molecule has 0 radical (unpaired) electrons. The van der Waals surface area contributed by atoms with Crippen LogP contribution in [0.1, 0.15) is 60.8 Å². The van der Waals surface area contributed by atoms with Gasteiger partial charge in [-0.1, -0.05) is 48.5 Å². The van der Waals surface area contributed by atoms with Gasteiger partial charge in [0.1, 0.15) is 0 Å². The van der Waals surface area contributed by atoms with Gasteiger partial charge in [-0.25, -0.2) is 0 Å². The Kier molecular flexibility index (Phi) is 31.9. The van der Waals surface area contributed by atoms with Crippen molar-refractivity contribution in [2.45, 2.75) is 114 Å². The molecular formula is C62H76F24N12O8. The Labute approximate surface area is 590 Å². The lowest BCUT2D eigenvalue weighted by Crippen LogP contribution is -2.50. The van der Waals surface area contributed by atoms with E-state index in [1.807, 2.05) is 0 Å². The molecule has 0 aliphatic carbocycles. The summed E-state index contributed by atoms with van der Waals surface area (Å²) in [6, 6.07) is 12.2. The quantitative estimate of drug-likeness (QED) is 0.233. The van der Waals surface area contributed by atoms with Crippen molar-refractivity contribution in [3.05, 3.63) is 70.8 Å². The minimum Gasteiger partial charge on any atom is -0.334 e. The van der Waals surface area contributed by atoms with Gasteiger partial charge >= 0.3 is 96.7 Å². The molecule has 0 saturated carbocycles. The van der Waals surface area contributed by atoms with Crippen molar-refractivity contribution in [2.24, 2.45) is 0 Å². The molecule has 3 heterocycles. The fourth-order valence-corrected chi connectivity index (χ4v) is 11.9. The van der Waals surface area contributed by atoms with E-state index >= 15 is 0 Å². The van der Waals surface area contributed by atoms with Crippen LogP contribution in [-0.2, 0) is 64.5 Å². The molecule has 0 spiro atoms. The van der Waals surface area contributed by atoms with E-state index in [1.54, 1.807) is 9.80 Å². The van der Waals surface area contributed by atoms with Gasteiger partial charge < -0.3 is 39.2 Å². The number of amides is 8. The molecule has 8 amide bonds. The summed E-state index contributed by atoms with van der Waals surface area (Å²) in [5.74, 6) is -19.7. The molecule has 3 aliphatic heterocycles. The third-order valence-corrected chi connectivity index (χ3v) is 17.3. The summed E-state index contributed by atoms with van der Waals surface area (Å²) in [5.41, 5.74) is 1.71. The van der Waals surface area contributed by atoms with Gasteiger partial charge in [0.15, 0.2) is 0 Å². The van der Waals surface area contributed by atoms with E-state index in [1.165, 1.54) is 58.3 Å². The zero-order valence-corrected chi connectivity index (χ0v) is 56.4. The molecule has 5 rings (SSSR count). The first-order valence-corrected chi connectivity index (χ1v) is 32.9. The Bertz CT molecular complexity index is 3010. The molecule has 3 saturated heterocycles. The molecular weight excluding hydrogens is 1500 g/mol. The van der Waals surface area contributed by atoms with Crippen molar-refractivity contribution in [3.63, 3.8) is 0 Å². The van der Waals surface area contributed by atoms with Crippen LogP contribution in [0.4, 0.5) is 105 Å². The summed E-state index contributed by atoms with van der Waals surface area (Å²) in [4.78, 5) is 108. The van der Waals surface area contributed by atoms with E-state index in [0.29, 0.717) is 22.3 Å². The zero-order chi connectivity index (χ0) is 79.6. The number of carbonyl (C=O) groups excluding carboxylic acids is 8. The highest BCUT2D eigenvalue weighted by molar-refractivity contribution is 5.85. The number of rotatable bonds is 8. The minimum absolute atomic E-state index is 0.00243. The average Bonchev–Trinajstić information content (AvgIpc) is 0.833. The summed E-state index contributed by atoms with van der Waals surface area (Å²) in [5, 5.41) is 0. The van der Waals surface area contributed by atoms with Gasteiger partial charge in [-0.3, -0.25) is 58.0 Å². The lowest BCUT2D eigenvalue weighted by molar-refractivity contribution is -0.189. The molecule has 20 nitrogen and oxygen atoms in total. The first-order chi connectivity index (χ1) is 48.9. The number of hydrogen-bond acceptors (Lipinski definition) is 12. The van der Waals surface area contributed by atoms with E-state index in [0.717, 1.165) is 0 Å². The topological polar surface area (TPSA) is 175 Å². The van der Waals surface area contributed by atoms with Gasteiger partial charge in [0, 0.05) is 183 Å². The zero-order valence-electron chi connectivity index (χ0n) is 56.4. The van der Waals surface area contributed by atoms with Crippen LogP contribution >= 0.6 is 0 Å². The number of nitrogens with zero attached hydrogens (tertiary/aromatic N) is 12. The molecule has 600 valence electrons. The van der Waals surface area contributed by atoms with E-state index < -0.39 is 227 Å². The molecule has 44 heteroatoms. The lowest BCUT2D eigenvalue weighted by Gasteiger charge is -2.33. The van der Waals surface area contributed by atoms with Crippen LogP contribution in [0, 0.1) is 0 Å². The predicted octanol–water partition coefficient (Wildman–Crippen LogP) is 8.10. The third-order valence-electron chi connectivity index (χ3n) is 17.3. The third kappa shape index (κ3) is 28.8. The number of halogens is 24. The standard InChI is InChI=1S/C62H76F24N12O8/c63-55(64,65)47(99)91-23-5-25-97(53(105)61(81,82)83)37-35-95(51(103)59(75,76)77)21-3-17-89(29-31-91)41-45-11-7-43(8-12-45)39-87-15-1-19-93(49(101)57(69,70)71)33-34-94(50(102)58(72,73)74)20-2-16-88(28-27-87)40-44-9-13-46(14-10-44)42-90-18-4-22-96(52(104)60(78,79)80)36-38-98(54(106)62(84,85)86)26-6-24-92(32-30-90)48(100)56(66,67)68/h7-14H,1-6,15-42H2. The van der Waals surface area contributed by atoms with Crippen LogP contribution in [0.5, 0.6) is 0 Å². The van der Waals surface area contributed by atoms with Crippen LogP contribution in [0.3, 0.4) is 0 Å². The van der Waals surface area contributed by atoms with Crippen LogP contribution in [0.2, 0.25) is 0 Å². The fraction of sp³-hybridized carbons (Fsp3) is 0.677. The highest BCUT2D eigenvalue weighted by atomic mass is 19.4. The van der Waals surface area contributed by atoms with Crippen molar-refractivity contribution < 1.29 is 144 Å². The number of benzene rings is 2. The van der Waals surface area contributed by atoms with Gasteiger partial charge in [-0.15, -0.1) is 0 Å². The fourth-order valence-electron chi connectivity index (χ4n) is 11.9. The van der Waals surface area contributed by atoms with Crippen molar-refractivity contribution in [2.75, 3.05) is 157 Å². The molecule has 106 heavy (non-hydrogen) atoms. The minimum atomic E-state index is -5.59. The summed E-state index contributed by atoms with van der Waals surface area (Å²) in [6.07, 6.45) is -47.1. The number of alkyl halides is 24. The normalized spacial score (nSPS) is 19.1. The van der Waals surface area contributed by atoms with Gasteiger partial charge in [0.2, 0.25) is 0 Å². The molecule has 0 aromatic heterocycles. The van der Waals surface area contributed by atoms with Crippen molar-refractivity contribution in [1.29, 1.82) is 0 Å². The molecule has 3 aliphatic rings. The summed E-state index contributed by atoms with van der Waals surface area (Å²) in [7, 11) is 0. The Hall–Kier alpha value is -7.64. The maximum Gasteiger partial charge on any atom is 0.471 e. The Morgan fingerprint density at radius 1 is 0.189 bits per heavy atom. The highest BCUT2D eigenvalue weighted by Crippen LogP contribution is 2.28. The first kappa shape index (κ1) is 89.0. The van der Waals surface area contributed by atoms with E-state index in [4.69, 9.17) is 0 Å². The smallest absolute Gasteiger partial charge is 0.334 e. The molecule has 0 unspecified atom stereocenters. The van der Waals surface area contributed by atoms with Crippen molar-refractivity contribution in [3.8, 4) is 0 Å². The average molecular weight is 1570 g/mol.